The van der Waals surface area contributed by atoms with Crippen molar-refractivity contribution < 1.29 is 29.3 Å². The van der Waals surface area contributed by atoms with Gasteiger partial charge >= 0.3 is 12.1 Å². The van der Waals surface area contributed by atoms with E-state index in [1.54, 1.807) is 30.3 Å². The van der Waals surface area contributed by atoms with E-state index in [-0.39, 0.29) is 19.1 Å². The first kappa shape index (κ1) is 24.0. The van der Waals surface area contributed by atoms with Gasteiger partial charge < -0.3 is 25.6 Å². The fourth-order valence-electron chi connectivity index (χ4n) is 4.34. The van der Waals surface area contributed by atoms with Crippen molar-refractivity contribution in [1.82, 2.24) is 10.6 Å². The van der Waals surface area contributed by atoms with Crippen LogP contribution in [-0.4, -0.2) is 54.0 Å². The van der Waals surface area contributed by atoms with Gasteiger partial charge in [-0.3, -0.25) is 4.79 Å². The number of hydrogen-bond donors (Lipinski definition) is 4. The van der Waals surface area contributed by atoms with E-state index in [1.807, 2.05) is 48.5 Å². The van der Waals surface area contributed by atoms with Crippen molar-refractivity contribution in [3.63, 3.8) is 0 Å². The standard InChI is InChI=1S/C27H26N2O6/c30-15-24(26(32)33)29-25(31)22(17-8-2-1-3-9-17)14-28-27(34)35-16-23-20-12-6-4-10-18(20)19-11-5-7-13-21(19)23/h1-13,22-24,30H,14-16H2,(H,28,34)(H,29,31)(H,32,33). The van der Waals surface area contributed by atoms with Gasteiger partial charge in [-0.05, 0) is 27.8 Å². The zero-order chi connectivity index (χ0) is 24.8. The number of nitrogens with one attached hydrogen (secondary N) is 2. The lowest BCUT2D eigenvalue weighted by molar-refractivity contribution is -0.143. The summed E-state index contributed by atoms with van der Waals surface area (Å²) in [6.07, 6.45) is -0.683. The van der Waals surface area contributed by atoms with Gasteiger partial charge in [-0.25, -0.2) is 9.59 Å². The second kappa shape index (κ2) is 10.8. The normalized spacial score (nSPS) is 13.7. The van der Waals surface area contributed by atoms with Crippen LogP contribution >= 0.6 is 0 Å². The summed E-state index contributed by atoms with van der Waals surface area (Å²) in [5.74, 6) is -2.94. The Balaban J connectivity index is 1.41. The highest BCUT2D eigenvalue weighted by Crippen LogP contribution is 2.44. The smallest absolute Gasteiger partial charge is 0.407 e. The molecule has 0 radical (unpaired) electrons. The first-order chi connectivity index (χ1) is 17.0. The van der Waals surface area contributed by atoms with Gasteiger partial charge in [0.15, 0.2) is 0 Å². The van der Waals surface area contributed by atoms with Crippen LogP contribution in [0.3, 0.4) is 0 Å². The van der Waals surface area contributed by atoms with Gasteiger partial charge in [0.2, 0.25) is 5.91 Å². The number of carbonyl (C=O) groups is 3. The molecule has 4 N–H and O–H groups in total. The van der Waals surface area contributed by atoms with Crippen molar-refractivity contribution in [2.24, 2.45) is 0 Å². The van der Waals surface area contributed by atoms with E-state index in [4.69, 9.17) is 9.84 Å². The summed E-state index contributed by atoms with van der Waals surface area (Å²) in [4.78, 5) is 36.6. The van der Waals surface area contributed by atoms with Crippen molar-refractivity contribution in [3.05, 3.63) is 95.6 Å². The van der Waals surface area contributed by atoms with Crippen molar-refractivity contribution in [3.8, 4) is 11.1 Å². The van der Waals surface area contributed by atoms with Crippen LogP contribution in [0.25, 0.3) is 11.1 Å². The molecule has 0 fully saturated rings. The molecule has 0 bridgehead atoms. The van der Waals surface area contributed by atoms with Crippen molar-refractivity contribution >= 4 is 18.0 Å². The van der Waals surface area contributed by atoms with Gasteiger partial charge in [-0.15, -0.1) is 0 Å². The number of amides is 2. The molecule has 0 saturated heterocycles. The van der Waals surface area contributed by atoms with E-state index in [0.717, 1.165) is 22.3 Å². The molecule has 0 heterocycles. The summed E-state index contributed by atoms with van der Waals surface area (Å²) in [5.41, 5.74) is 5.01. The molecular formula is C27H26N2O6. The lowest BCUT2D eigenvalue weighted by atomic mass is 9.97. The first-order valence-electron chi connectivity index (χ1n) is 11.3. The molecular weight excluding hydrogens is 448 g/mol. The molecule has 4 rings (SSSR count). The Morgan fingerprint density at radius 1 is 0.857 bits per heavy atom. The largest absolute Gasteiger partial charge is 0.480 e. The Hall–Kier alpha value is -4.17. The fourth-order valence-corrected chi connectivity index (χ4v) is 4.34. The molecule has 0 saturated carbocycles. The highest BCUT2D eigenvalue weighted by molar-refractivity contribution is 5.88. The number of hydrogen-bond acceptors (Lipinski definition) is 5. The lowest BCUT2D eigenvalue weighted by Gasteiger charge is -2.20. The van der Waals surface area contributed by atoms with E-state index < -0.39 is 36.5 Å². The van der Waals surface area contributed by atoms with Crippen LogP contribution in [0.2, 0.25) is 0 Å². The molecule has 2 amide bonds. The fraction of sp³-hybridized carbons (Fsp3) is 0.222. The predicted octanol–water partition coefficient (Wildman–Crippen LogP) is 2.87. The van der Waals surface area contributed by atoms with E-state index in [9.17, 15) is 19.5 Å². The average Bonchev–Trinajstić information content (AvgIpc) is 3.20. The van der Waals surface area contributed by atoms with Crippen LogP contribution in [0.5, 0.6) is 0 Å². The first-order valence-corrected chi connectivity index (χ1v) is 11.3. The number of carboxylic acids is 1. The highest BCUT2D eigenvalue weighted by atomic mass is 16.5. The summed E-state index contributed by atoms with van der Waals surface area (Å²) in [7, 11) is 0. The van der Waals surface area contributed by atoms with E-state index in [0.29, 0.717) is 5.56 Å². The molecule has 3 aromatic carbocycles. The molecule has 35 heavy (non-hydrogen) atoms. The second-order valence-electron chi connectivity index (χ2n) is 8.25. The third kappa shape index (κ3) is 5.33. The summed E-state index contributed by atoms with van der Waals surface area (Å²) < 4.78 is 5.53. The SMILES string of the molecule is O=C(NCC(C(=O)NC(CO)C(=O)O)c1ccccc1)OCC1c2ccccc2-c2ccccc21. The van der Waals surface area contributed by atoms with Gasteiger partial charge in [0.25, 0.3) is 0 Å². The van der Waals surface area contributed by atoms with Crippen molar-refractivity contribution in [1.29, 1.82) is 0 Å². The molecule has 0 aliphatic heterocycles. The number of carboxylic acid groups (broad SMARTS) is 1. The molecule has 0 aromatic heterocycles. The van der Waals surface area contributed by atoms with Crippen LogP contribution < -0.4 is 10.6 Å². The average molecular weight is 475 g/mol. The van der Waals surface area contributed by atoms with E-state index in [2.05, 4.69) is 10.6 Å². The Morgan fingerprint density at radius 2 is 1.43 bits per heavy atom. The minimum absolute atomic E-state index is 0.0951. The third-order valence-electron chi connectivity index (χ3n) is 6.11. The number of carbonyl (C=O) groups excluding carboxylic acids is 2. The minimum Gasteiger partial charge on any atom is -0.480 e. The maximum absolute atomic E-state index is 12.8. The Bertz CT molecular complexity index is 1170. The lowest BCUT2D eigenvalue weighted by Crippen LogP contribution is -2.47. The van der Waals surface area contributed by atoms with Crippen LogP contribution in [0.1, 0.15) is 28.5 Å². The number of ether oxygens (including phenoxy) is 1. The number of benzene rings is 3. The molecule has 8 heteroatoms. The summed E-state index contributed by atoms with van der Waals surface area (Å²) in [6, 6.07) is 23.3. The van der Waals surface area contributed by atoms with Gasteiger partial charge in [0.05, 0.1) is 12.5 Å². The van der Waals surface area contributed by atoms with Gasteiger partial charge in [-0.2, -0.15) is 0 Å². The summed E-state index contributed by atoms with van der Waals surface area (Å²) in [6.45, 7) is -0.722. The van der Waals surface area contributed by atoms with E-state index >= 15 is 0 Å². The quantitative estimate of drug-likeness (QED) is 0.378. The minimum atomic E-state index is -1.44. The maximum Gasteiger partial charge on any atom is 0.407 e. The van der Waals surface area contributed by atoms with Crippen molar-refractivity contribution in [2.75, 3.05) is 19.8 Å². The van der Waals surface area contributed by atoms with Crippen LogP contribution in [0.15, 0.2) is 78.9 Å². The zero-order valence-corrected chi connectivity index (χ0v) is 18.9. The molecule has 1 aliphatic rings. The molecule has 8 nitrogen and oxygen atoms in total. The topological polar surface area (TPSA) is 125 Å². The molecule has 2 atom stereocenters. The molecule has 3 aromatic rings. The van der Waals surface area contributed by atoms with Gasteiger partial charge in [-0.1, -0.05) is 78.9 Å². The van der Waals surface area contributed by atoms with Gasteiger partial charge in [0, 0.05) is 12.5 Å². The zero-order valence-electron chi connectivity index (χ0n) is 18.9. The Morgan fingerprint density at radius 3 is 2.00 bits per heavy atom. The molecule has 2 unspecified atom stereocenters. The Kier molecular flexibility index (Phi) is 7.42. The third-order valence-corrected chi connectivity index (χ3v) is 6.11. The number of aliphatic hydroxyl groups is 1. The summed E-state index contributed by atoms with van der Waals surface area (Å²) in [5, 5.41) is 23.3. The monoisotopic (exact) mass is 474 g/mol. The van der Waals surface area contributed by atoms with Crippen LogP contribution in [0, 0.1) is 0 Å². The van der Waals surface area contributed by atoms with Gasteiger partial charge in [0.1, 0.15) is 12.6 Å². The number of rotatable bonds is 9. The molecule has 180 valence electrons. The second-order valence-corrected chi connectivity index (χ2v) is 8.25. The summed E-state index contributed by atoms with van der Waals surface area (Å²) >= 11 is 0. The molecule has 0 spiro atoms. The number of alkyl carbamates (subject to hydrolysis) is 1. The number of aliphatic carboxylic acids is 1. The predicted molar refractivity (Wildman–Crippen MR) is 129 cm³/mol. The Labute approximate surface area is 202 Å². The van der Waals surface area contributed by atoms with E-state index in [1.165, 1.54) is 0 Å². The van der Waals surface area contributed by atoms with Crippen LogP contribution in [0.4, 0.5) is 4.79 Å². The van der Waals surface area contributed by atoms with Crippen molar-refractivity contribution in [2.45, 2.75) is 17.9 Å². The maximum atomic E-state index is 12.8. The number of aliphatic hydroxyl groups excluding tert-OH is 1. The number of fused-ring (bicyclic) bond motifs is 3. The van der Waals surface area contributed by atoms with Crippen LogP contribution in [-0.2, 0) is 14.3 Å². The molecule has 1 aliphatic carbocycles. The highest BCUT2D eigenvalue weighted by Gasteiger charge is 2.30.